The summed E-state index contributed by atoms with van der Waals surface area (Å²) >= 11 is 6.31. The van der Waals surface area contributed by atoms with E-state index in [1.54, 1.807) is 17.0 Å². The highest BCUT2D eigenvalue weighted by Gasteiger charge is 2.43. The minimum Gasteiger partial charge on any atom is -0.507 e. The second-order valence-corrected chi connectivity index (χ2v) is 9.21. The van der Waals surface area contributed by atoms with Crippen molar-refractivity contribution >= 4 is 34.7 Å². The average molecular weight is 469 g/mol. The van der Waals surface area contributed by atoms with Crippen molar-refractivity contribution in [3.8, 4) is 0 Å². The number of carbonyl (C=O) groups is 1. The zero-order valence-electron chi connectivity index (χ0n) is 18.9. The third-order valence-corrected chi connectivity index (χ3v) is 6.77. The molecule has 1 heterocycles. The summed E-state index contributed by atoms with van der Waals surface area (Å²) in [6.45, 7) is 1.99. The second kappa shape index (κ2) is 8.96. The summed E-state index contributed by atoms with van der Waals surface area (Å²) in [6, 6.07) is 24.6. The number of aliphatic hydroxyl groups excluding tert-OH is 1. The normalized spacial score (nSPS) is 19.8. The van der Waals surface area contributed by atoms with Gasteiger partial charge in [0.25, 0.3) is 0 Å². The lowest BCUT2D eigenvalue weighted by Crippen LogP contribution is -2.42. The fourth-order valence-electron chi connectivity index (χ4n) is 4.94. The van der Waals surface area contributed by atoms with E-state index in [1.807, 2.05) is 73.7 Å². The largest absolute Gasteiger partial charge is 0.507 e. The number of allylic oxidation sites excluding steroid dienone is 2. The number of halogens is 1. The summed E-state index contributed by atoms with van der Waals surface area (Å²) in [5.41, 5.74) is 5.18. The molecule has 0 saturated heterocycles. The van der Waals surface area contributed by atoms with Crippen molar-refractivity contribution in [1.82, 2.24) is 0 Å². The Labute approximate surface area is 204 Å². The third kappa shape index (κ3) is 3.84. The van der Waals surface area contributed by atoms with Gasteiger partial charge in [-0.2, -0.15) is 0 Å². The highest BCUT2D eigenvalue weighted by atomic mass is 35.5. The van der Waals surface area contributed by atoms with Crippen molar-refractivity contribution in [2.75, 3.05) is 4.90 Å². The third-order valence-electron chi connectivity index (χ3n) is 6.53. The number of aliphatic hydroxyl groups is 1. The number of hydrogen-bond acceptors (Lipinski definition) is 3. The molecule has 2 aliphatic rings. The zero-order chi connectivity index (χ0) is 23.8. The van der Waals surface area contributed by atoms with E-state index < -0.39 is 5.92 Å². The van der Waals surface area contributed by atoms with Crippen LogP contribution in [-0.4, -0.2) is 16.7 Å². The van der Waals surface area contributed by atoms with Crippen molar-refractivity contribution < 1.29 is 9.90 Å². The van der Waals surface area contributed by atoms with E-state index in [-0.39, 0.29) is 17.4 Å². The van der Waals surface area contributed by atoms with Crippen LogP contribution in [0.3, 0.4) is 0 Å². The van der Waals surface area contributed by atoms with Gasteiger partial charge in [0.15, 0.2) is 5.78 Å². The minimum atomic E-state index is -0.520. The van der Waals surface area contributed by atoms with Crippen LogP contribution in [-0.2, 0) is 4.79 Å². The molecule has 0 fully saturated rings. The first kappa shape index (κ1) is 22.2. The smallest absolute Gasteiger partial charge is 0.161 e. The Kier molecular flexibility index (Phi) is 5.84. The van der Waals surface area contributed by atoms with Crippen LogP contribution >= 0.6 is 11.6 Å². The summed E-state index contributed by atoms with van der Waals surface area (Å²) in [4.78, 5) is 15.2. The Morgan fingerprint density at radius 2 is 1.74 bits per heavy atom. The van der Waals surface area contributed by atoms with Gasteiger partial charge >= 0.3 is 0 Å². The molecule has 5 rings (SSSR count). The number of hydrogen-bond donors (Lipinski definition) is 2. The summed E-state index contributed by atoms with van der Waals surface area (Å²) < 4.78 is 0. The molecule has 1 aliphatic heterocycles. The number of nitrogens with zero attached hydrogens (tertiary/aromatic N) is 1. The van der Waals surface area contributed by atoms with Crippen molar-refractivity contribution in [3.63, 3.8) is 0 Å². The number of ketones is 1. The van der Waals surface area contributed by atoms with Crippen LogP contribution in [0.1, 0.15) is 41.9 Å². The lowest BCUT2D eigenvalue weighted by molar-refractivity contribution is -0.116. The molecule has 0 spiro atoms. The van der Waals surface area contributed by atoms with Crippen LogP contribution in [0.15, 0.2) is 95.7 Å². The monoisotopic (exact) mass is 468 g/mol. The van der Waals surface area contributed by atoms with Gasteiger partial charge in [0.2, 0.25) is 0 Å². The van der Waals surface area contributed by atoms with Crippen LogP contribution in [0, 0.1) is 12.3 Å². The first-order valence-corrected chi connectivity index (χ1v) is 11.8. The quantitative estimate of drug-likeness (QED) is 0.399. The van der Waals surface area contributed by atoms with Crippen LogP contribution in [0.5, 0.6) is 0 Å². The molecule has 1 unspecified atom stereocenters. The average Bonchev–Trinajstić information content (AvgIpc) is 2.84. The highest BCUT2D eigenvalue weighted by Crippen LogP contribution is 2.48. The van der Waals surface area contributed by atoms with Crippen molar-refractivity contribution in [2.45, 2.75) is 32.1 Å². The number of nitrogens with one attached hydrogen (secondary N) is 1. The number of Topliss-reactive ketones (excluding diaryl/α,β-unsaturated/α-hetero) is 1. The summed E-state index contributed by atoms with van der Waals surface area (Å²) in [5.74, 6) is -0.296. The Morgan fingerprint density at radius 1 is 1.00 bits per heavy atom. The first-order valence-electron chi connectivity index (χ1n) is 11.4. The Balaban J connectivity index is 1.82. The molecule has 0 saturated carbocycles. The van der Waals surface area contributed by atoms with Gasteiger partial charge in [-0.25, -0.2) is 0 Å². The molecule has 5 heteroatoms. The van der Waals surface area contributed by atoms with E-state index >= 15 is 0 Å². The highest BCUT2D eigenvalue weighted by molar-refractivity contribution is 6.31. The lowest BCUT2D eigenvalue weighted by atomic mass is 9.73. The SMILES string of the molecule is Cc1ccc(C(O)=C2C(=N)N(c3cccc(Cl)c3)C3=C(C(=O)CCC3)C2c2ccccc2)cc1. The topological polar surface area (TPSA) is 64.4 Å². The molecule has 0 radical (unpaired) electrons. The van der Waals surface area contributed by atoms with Gasteiger partial charge in [0, 0.05) is 45.5 Å². The molecule has 170 valence electrons. The van der Waals surface area contributed by atoms with E-state index in [9.17, 15) is 15.3 Å². The zero-order valence-corrected chi connectivity index (χ0v) is 19.6. The van der Waals surface area contributed by atoms with Gasteiger partial charge in [-0.15, -0.1) is 0 Å². The van der Waals surface area contributed by atoms with Gasteiger partial charge in [-0.1, -0.05) is 77.8 Å². The van der Waals surface area contributed by atoms with Gasteiger partial charge in [0.1, 0.15) is 11.6 Å². The van der Waals surface area contributed by atoms with Crippen LogP contribution in [0.4, 0.5) is 5.69 Å². The van der Waals surface area contributed by atoms with Crippen LogP contribution < -0.4 is 4.90 Å². The van der Waals surface area contributed by atoms with Gasteiger partial charge < -0.3 is 5.11 Å². The molecular weight excluding hydrogens is 444 g/mol. The molecule has 1 aliphatic carbocycles. The van der Waals surface area contributed by atoms with E-state index in [0.717, 1.165) is 23.2 Å². The number of amidine groups is 1. The van der Waals surface area contributed by atoms with Gasteiger partial charge in [0.05, 0.1) is 0 Å². The number of anilines is 1. The van der Waals surface area contributed by atoms with Gasteiger partial charge in [-0.05, 0) is 43.5 Å². The molecule has 0 aromatic heterocycles. The number of rotatable bonds is 3. The number of aryl methyl sites for hydroxylation is 1. The molecule has 1 atom stereocenters. The Hall–Kier alpha value is -3.63. The molecule has 3 aromatic carbocycles. The molecule has 4 nitrogen and oxygen atoms in total. The lowest BCUT2D eigenvalue weighted by Gasteiger charge is -2.41. The van der Waals surface area contributed by atoms with Crippen LogP contribution in [0.25, 0.3) is 5.76 Å². The van der Waals surface area contributed by atoms with Crippen molar-refractivity contribution in [3.05, 3.63) is 117 Å². The Bertz CT molecular complexity index is 1340. The number of carbonyl (C=O) groups excluding carboxylic acids is 1. The summed E-state index contributed by atoms with van der Waals surface area (Å²) in [7, 11) is 0. The second-order valence-electron chi connectivity index (χ2n) is 8.77. The van der Waals surface area contributed by atoms with Crippen molar-refractivity contribution in [1.29, 1.82) is 5.41 Å². The predicted molar refractivity (Wildman–Crippen MR) is 137 cm³/mol. The fraction of sp³-hybridized carbons (Fsp3) is 0.172. The fourth-order valence-corrected chi connectivity index (χ4v) is 5.12. The predicted octanol–water partition coefficient (Wildman–Crippen LogP) is 7.21. The van der Waals surface area contributed by atoms with E-state index in [4.69, 9.17) is 11.6 Å². The minimum absolute atomic E-state index is 0.0100. The molecular formula is C29H25ClN2O2. The van der Waals surface area contributed by atoms with E-state index in [2.05, 4.69) is 0 Å². The standard InChI is InChI=1S/C29H25ClN2O2/c1-18-13-15-20(16-14-18)28(34)27-25(19-7-3-2-4-8-19)26-23(11-6-12-24(26)33)32(29(27)31)22-10-5-9-21(30)17-22/h2-5,7-10,13-17,25,31,34H,6,11-12H2,1H3. The maximum absolute atomic E-state index is 13.4. The summed E-state index contributed by atoms with van der Waals surface area (Å²) in [6.07, 6.45) is 1.86. The van der Waals surface area contributed by atoms with E-state index in [0.29, 0.717) is 40.3 Å². The molecule has 0 bridgehead atoms. The molecule has 34 heavy (non-hydrogen) atoms. The number of benzene rings is 3. The van der Waals surface area contributed by atoms with E-state index in [1.165, 1.54) is 0 Å². The summed E-state index contributed by atoms with van der Waals surface area (Å²) in [5, 5.41) is 21.5. The van der Waals surface area contributed by atoms with Crippen molar-refractivity contribution in [2.24, 2.45) is 0 Å². The maximum Gasteiger partial charge on any atom is 0.161 e. The molecule has 3 aromatic rings. The molecule has 2 N–H and O–H groups in total. The first-order chi connectivity index (χ1) is 16.5. The molecule has 0 amide bonds. The van der Waals surface area contributed by atoms with Gasteiger partial charge in [-0.3, -0.25) is 15.1 Å². The van der Waals surface area contributed by atoms with Crippen LogP contribution in [0.2, 0.25) is 5.02 Å². The Morgan fingerprint density at radius 3 is 2.44 bits per heavy atom. The maximum atomic E-state index is 13.4.